The number of carbonyl (C=O) groups excluding carboxylic acids is 2. The minimum atomic E-state index is -0.610. The lowest BCUT2D eigenvalue weighted by molar-refractivity contribution is -0.129. The van der Waals surface area contributed by atoms with Crippen molar-refractivity contribution in [2.75, 3.05) is 7.05 Å². The molecular formula is C20H30N2O3. The number of likely N-dealkylation sites (N-methyl/N-ethyl adjacent to an activating group) is 1. The first-order valence-electron chi connectivity index (χ1n) is 8.74. The predicted octanol–water partition coefficient (Wildman–Crippen LogP) is 3.68. The summed E-state index contributed by atoms with van der Waals surface area (Å²) in [6.07, 6.45) is -0.301. The van der Waals surface area contributed by atoms with E-state index in [9.17, 15) is 9.59 Å². The third-order valence-corrected chi connectivity index (χ3v) is 4.25. The molecule has 2 unspecified atom stereocenters. The molecule has 138 valence electrons. The second kappa shape index (κ2) is 6.70. The third-order valence-electron chi connectivity index (χ3n) is 4.25. The Kier molecular flexibility index (Phi) is 5.17. The van der Waals surface area contributed by atoms with Crippen molar-refractivity contribution >= 4 is 12.0 Å². The fourth-order valence-electron chi connectivity index (χ4n) is 3.39. The Hall–Kier alpha value is -2.04. The van der Waals surface area contributed by atoms with Gasteiger partial charge in [0.1, 0.15) is 17.8 Å². The van der Waals surface area contributed by atoms with Gasteiger partial charge in [-0.15, -0.1) is 0 Å². The average Bonchev–Trinajstić information content (AvgIpc) is 2.71. The minimum absolute atomic E-state index is 0.0466. The van der Waals surface area contributed by atoms with Crippen LogP contribution in [-0.4, -0.2) is 46.7 Å². The molecule has 2 atom stereocenters. The van der Waals surface area contributed by atoms with Gasteiger partial charge in [-0.2, -0.15) is 0 Å². The monoisotopic (exact) mass is 346 g/mol. The molecule has 0 radical (unpaired) electrons. The van der Waals surface area contributed by atoms with Gasteiger partial charge in [-0.05, 0) is 26.3 Å². The Morgan fingerprint density at radius 2 is 1.64 bits per heavy atom. The summed E-state index contributed by atoms with van der Waals surface area (Å²) in [7, 11) is 1.76. The van der Waals surface area contributed by atoms with Gasteiger partial charge >= 0.3 is 6.09 Å². The molecule has 1 aromatic rings. The van der Waals surface area contributed by atoms with E-state index in [2.05, 4.69) is 0 Å². The second-order valence-electron chi connectivity index (χ2n) is 8.78. The molecule has 1 aliphatic rings. The lowest BCUT2D eigenvalue weighted by Crippen LogP contribution is -2.52. The normalized spacial score (nSPS) is 21.6. The van der Waals surface area contributed by atoms with E-state index in [1.54, 1.807) is 16.8 Å². The molecule has 2 rings (SSSR count). The predicted molar refractivity (Wildman–Crippen MR) is 98.0 cm³/mol. The summed E-state index contributed by atoms with van der Waals surface area (Å²) in [5.74, 6) is -0.0466. The maximum absolute atomic E-state index is 12.9. The number of benzene rings is 1. The summed E-state index contributed by atoms with van der Waals surface area (Å²) in [4.78, 5) is 29.2. The van der Waals surface area contributed by atoms with E-state index < -0.39 is 17.7 Å². The standard InChI is InChI=1S/C20H30N2O3/c1-19(2,3)17-21(7)16(23)15(13-14-11-9-8-10-12-14)22(17)18(24)25-20(4,5)6/h8-12,15,17H,13H2,1-7H3. The highest BCUT2D eigenvalue weighted by Crippen LogP contribution is 2.36. The highest BCUT2D eigenvalue weighted by atomic mass is 16.6. The molecule has 1 aromatic carbocycles. The van der Waals surface area contributed by atoms with Crippen LogP contribution in [0.5, 0.6) is 0 Å². The van der Waals surface area contributed by atoms with Crippen molar-refractivity contribution in [2.45, 2.75) is 65.8 Å². The van der Waals surface area contributed by atoms with Gasteiger partial charge in [-0.3, -0.25) is 9.69 Å². The topological polar surface area (TPSA) is 49.9 Å². The highest BCUT2D eigenvalue weighted by Gasteiger charge is 2.52. The van der Waals surface area contributed by atoms with E-state index in [0.29, 0.717) is 6.42 Å². The van der Waals surface area contributed by atoms with Gasteiger partial charge in [0, 0.05) is 18.9 Å². The number of amides is 2. The van der Waals surface area contributed by atoms with Crippen molar-refractivity contribution in [1.29, 1.82) is 0 Å². The van der Waals surface area contributed by atoms with Crippen LogP contribution in [0.25, 0.3) is 0 Å². The van der Waals surface area contributed by atoms with Crippen LogP contribution in [0, 0.1) is 5.41 Å². The maximum Gasteiger partial charge on any atom is 0.412 e. The van der Waals surface area contributed by atoms with Crippen LogP contribution >= 0.6 is 0 Å². The first-order chi connectivity index (χ1) is 11.4. The molecular weight excluding hydrogens is 316 g/mol. The molecule has 1 aliphatic heterocycles. The van der Waals surface area contributed by atoms with Gasteiger partial charge in [0.05, 0.1) is 0 Å². The molecule has 0 bridgehead atoms. The zero-order valence-corrected chi connectivity index (χ0v) is 16.4. The van der Waals surface area contributed by atoms with Gasteiger partial charge in [-0.25, -0.2) is 4.79 Å². The zero-order chi connectivity index (χ0) is 19.0. The van der Waals surface area contributed by atoms with Crippen molar-refractivity contribution in [3.8, 4) is 0 Å². The van der Waals surface area contributed by atoms with Crippen molar-refractivity contribution in [2.24, 2.45) is 5.41 Å². The summed E-state index contributed by atoms with van der Waals surface area (Å²) in [6.45, 7) is 11.6. The summed E-state index contributed by atoms with van der Waals surface area (Å²) in [5.41, 5.74) is 0.130. The molecule has 0 spiro atoms. The van der Waals surface area contributed by atoms with Crippen LogP contribution in [-0.2, 0) is 16.0 Å². The van der Waals surface area contributed by atoms with Gasteiger partial charge in [0.2, 0.25) is 5.91 Å². The smallest absolute Gasteiger partial charge is 0.412 e. The maximum atomic E-state index is 12.9. The molecule has 0 saturated carbocycles. The van der Waals surface area contributed by atoms with Crippen molar-refractivity contribution in [3.63, 3.8) is 0 Å². The molecule has 0 aromatic heterocycles. The van der Waals surface area contributed by atoms with Crippen LogP contribution in [0.15, 0.2) is 30.3 Å². The van der Waals surface area contributed by atoms with E-state index in [-0.39, 0.29) is 17.5 Å². The van der Waals surface area contributed by atoms with E-state index in [1.165, 1.54) is 0 Å². The van der Waals surface area contributed by atoms with Crippen LogP contribution < -0.4 is 0 Å². The fraction of sp³-hybridized carbons (Fsp3) is 0.600. The quantitative estimate of drug-likeness (QED) is 0.821. The fourth-order valence-corrected chi connectivity index (χ4v) is 3.39. The SMILES string of the molecule is CN1C(=O)C(Cc2ccccc2)N(C(=O)OC(C)(C)C)C1C(C)(C)C. The number of hydrogen-bond donors (Lipinski definition) is 0. The first-order valence-corrected chi connectivity index (χ1v) is 8.74. The van der Waals surface area contributed by atoms with Crippen molar-refractivity contribution < 1.29 is 14.3 Å². The molecule has 1 saturated heterocycles. The average molecular weight is 346 g/mol. The van der Waals surface area contributed by atoms with Gasteiger partial charge in [0.15, 0.2) is 0 Å². The molecule has 1 fully saturated rings. The van der Waals surface area contributed by atoms with E-state index in [1.807, 2.05) is 71.9 Å². The summed E-state index contributed by atoms with van der Waals surface area (Å²) < 4.78 is 5.62. The van der Waals surface area contributed by atoms with Gasteiger partial charge in [0.25, 0.3) is 0 Å². The van der Waals surface area contributed by atoms with Gasteiger partial charge in [-0.1, -0.05) is 51.1 Å². The lowest BCUT2D eigenvalue weighted by Gasteiger charge is -2.39. The molecule has 25 heavy (non-hydrogen) atoms. The van der Waals surface area contributed by atoms with Crippen molar-refractivity contribution in [3.05, 3.63) is 35.9 Å². The highest BCUT2D eigenvalue weighted by molar-refractivity contribution is 5.89. The van der Waals surface area contributed by atoms with E-state index >= 15 is 0 Å². The first kappa shape index (κ1) is 19.3. The lowest BCUT2D eigenvalue weighted by atomic mass is 9.91. The summed E-state index contributed by atoms with van der Waals surface area (Å²) >= 11 is 0. The number of hydrogen-bond acceptors (Lipinski definition) is 3. The number of rotatable bonds is 2. The Bertz CT molecular complexity index is 629. The molecule has 5 nitrogen and oxygen atoms in total. The molecule has 2 amide bonds. The second-order valence-corrected chi connectivity index (χ2v) is 8.78. The molecule has 0 N–H and O–H groups in total. The van der Waals surface area contributed by atoms with Crippen LogP contribution in [0.3, 0.4) is 0 Å². The molecule has 5 heteroatoms. The third kappa shape index (κ3) is 4.33. The molecule has 0 aliphatic carbocycles. The Morgan fingerprint density at radius 3 is 2.12 bits per heavy atom. The number of carbonyl (C=O) groups is 2. The zero-order valence-electron chi connectivity index (χ0n) is 16.4. The van der Waals surface area contributed by atoms with Gasteiger partial charge < -0.3 is 9.64 Å². The Balaban J connectivity index is 2.40. The number of ether oxygens (including phenoxy) is 1. The minimum Gasteiger partial charge on any atom is -0.444 e. The van der Waals surface area contributed by atoms with Crippen molar-refractivity contribution in [1.82, 2.24) is 9.80 Å². The van der Waals surface area contributed by atoms with E-state index in [0.717, 1.165) is 5.56 Å². The van der Waals surface area contributed by atoms with Crippen LogP contribution in [0.2, 0.25) is 0 Å². The Morgan fingerprint density at radius 1 is 1.08 bits per heavy atom. The summed E-state index contributed by atoms with van der Waals surface area (Å²) in [5, 5.41) is 0. The largest absolute Gasteiger partial charge is 0.444 e. The molecule has 1 heterocycles. The van der Waals surface area contributed by atoms with Crippen LogP contribution in [0.4, 0.5) is 4.79 Å². The summed E-state index contributed by atoms with van der Waals surface area (Å²) in [6, 6.07) is 9.23. The van der Waals surface area contributed by atoms with E-state index in [4.69, 9.17) is 4.74 Å². The Labute approximate surface area is 150 Å². The van der Waals surface area contributed by atoms with Crippen LogP contribution in [0.1, 0.15) is 47.1 Å². The number of nitrogens with zero attached hydrogens (tertiary/aromatic N) is 2.